The lowest BCUT2D eigenvalue weighted by molar-refractivity contribution is -0.115. The predicted octanol–water partition coefficient (Wildman–Crippen LogP) is 2.80. The smallest absolute Gasteiger partial charge is 0.228 e. The third kappa shape index (κ3) is 4.72. The van der Waals surface area contributed by atoms with Gasteiger partial charge in [-0.3, -0.25) is 14.6 Å². The summed E-state index contributed by atoms with van der Waals surface area (Å²) in [6.07, 6.45) is 0. The Hall–Kier alpha value is -2.70. The molecule has 1 aliphatic rings. The molecule has 6 nitrogen and oxygen atoms in total. The van der Waals surface area contributed by atoms with Crippen molar-refractivity contribution < 1.29 is 10.0 Å². The van der Waals surface area contributed by atoms with E-state index in [1.807, 2.05) is 54.6 Å². The van der Waals surface area contributed by atoms with Gasteiger partial charge in [-0.15, -0.1) is 0 Å². The van der Waals surface area contributed by atoms with E-state index in [1.165, 1.54) is 0 Å². The average molecular weight is 366 g/mol. The Labute approximate surface area is 160 Å². The molecule has 0 spiro atoms. The number of hydrogen-bond donors (Lipinski definition) is 1. The zero-order chi connectivity index (χ0) is 19.2. The summed E-state index contributed by atoms with van der Waals surface area (Å²) < 4.78 is 0. The van der Waals surface area contributed by atoms with Crippen molar-refractivity contribution in [2.75, 3.05) is 44.7 Å². The van der Waals surface area contributed by atoms with Crippen molar-refractivity contribution in [3.63, 3.8) is 0 Å². The molecule has 2 aromatic carbocycles. The van der Waals surface area contributed by atoms with Gasteiger partial charge in [-0.05, 0) is 31.3 Å². The maximum absolute atomic E-state index is 12.2. The molecule has 1 amide bonds. The summed E-state index contributed by atoms with van der Waals surface area (Å²) in [7, 11) is 2.12. The molecule has 1 fully saturated rings. The van der Waals surface area contributed by atoms with Crippen LogP contribution in [0.15, 0.2) is 59.8 Å². The van der Waals surface area contributed by atoms with E-state index >= 15 is 0 Å². The van der Waals surface area contributed by atoms with Crippen LogP contribution in [0.5, 0.6) is 0 Å². The number of benzene rings is 2. The second-order valence-corrected chi connectivity index (χ2v) is 6.86. The molecule has 0 radical (unpaired) electrons. The van der Waals surface area contributed by atoms with E-state index in [9.17, 15) is 10.0 Å². The summed E-state index contributed by atoms with van der Waals surface area (Å²) in [5.41, 5.74) is 3.11. The Morgan fingerprint density at radius 1 is 1.00 bits per heavy atom. The Balaban J connectivity index is 1.76. The lowest BCUT2D eigenvalue weighted by Crippen LogP contribution is -2.46. The molecule has 0 saturated carbocycles. The molecule has 2 aromatic rings. The van der Waals surface area contributed by atoms with Crippen LogP contribution in [0.3, 0.4) is 0 Å². The van der Waals surface area contributed by atoms with Crippen LogP contribution in [-0.2, 0) is 4.79 Å². The average Bonchev–Trinajstić information content (AvgIpc) is 2.69. The maximum atomic E-state index is 12.2. The van der Waals surface area contributed by atoms with E-state index in [0.29, 0.717) is 12.3 Å². The van der Waals surface area contributed by atoms with Gasteiger partial charge in [0.1, 0.15) is 5.71 Å². The molecule has 0 aromatic heterocycles. The minimum atomic E-state index is -0.0533. The van der Waals surface area contributed by atoms with Crippen molar-refractivity contribution in [3.8, 4) is 0 Å². The zero-order valence-electron chi connectivity index (χ0n) is 15.9. The minimum Gasteiger partial charge on any atom is -0.411 e. The quantitative estimate of drug-likeness (QED) is 0.502. The van der Waals surface area contributed by atoms with Crippen molar-refractivity contribution in [3.05, 3.63) is 60.2 Å². The molecular formula is C21H26N4O2. The fourth-order valence-electron chi connectivity index (χ4n) is 3.29. The SMILES string of the molecule is CC(=O)N(c1ccccc1)c1ccc(/C(CN2CCN(C)CC2)=N/O)cc1. The summed E-state index contributed by atoms with van der Waals surface area (Å²) in [6, 6.07) is 17.1. The topological polar surface area (TPSA) is 59.4 Å². The van der Waals surface area contributed by atoms with Crippen molar-refractivity contribution in [2.45, 2.75) is 6.92 Å². The van der Waals surface area contributed by atoms with Gasteiger partial charge in [0.15, 0.2) is 0 Å². The van der Waals surface area contributed by atoms with E-state index < -0.39 is 0 Å². The number of carbonyl (C=O) groups is 1. The fourth-order valence-corrected chi connectivity index (χ4v) is 3.29. The number of nitrogens with zero attached hydrogens (tertiary/aromatic N) is 4. The number of para-hydroxylation sites is 1. The molecule has 0 aliphatic carbocycles. The van der Waals surface area contributed by atoms with Crippen LogP contribution in [0.2, 0.25) is 0 Å². The van der Waals surface area contributed by atoms with Crippen LogP contribution in [0.1, 0.15) is 12.5 Å². The highest BCUT2D eigenvalue weighted by molar-refractivity contribution is 6.03. The largest absolute Gasteiger partial charge is 0.411 e. The van der Waals surface area contributed by atoms with E-state index in [-0.39, 0.29) is 5.91 Å². The van der Waals surface area contributed by atoms with Crippen molar-refractivity contribution >= 4 is 23.0 Å². The fraction of sp³-hybridized carbons (Fsp3) is 0.333. The molecule has 1 N–H and O–H groups in total. The van der Waals surface area contributed by atoms with E-state index in [2.05, 4.69) is 22.0 Å². The molecule has 1 heterocycles. The third-order valence-electron chi connectivity index (χ3n) is 4.88. The first-order chi connectivity index (χ1) is 13.1. The molecule has 0 atom stereocenters. The molecule has 6 heteroatoms. The Kier molecular flexibility index (Phi) is 6.21. The number of piperazine rings is 1. The van der Waals surface area contributed by atoms with Crippen LogP contribution >= 0.6 is 0 Å². The van der Waals surface area contributed by atoms with Crippen LogP contribution < -0.4 is 4.90 Å². The maximum Gasteiger partial charge on any atom is 0.228 e. The number of carbonyl (C=O) groups excluding carboxylic acids is 1. The van der Waals surface area contributed by atoms with Crippen molar-refractivity contribution in [1.82, 2.24) is 9.80 Å². The Morgan fingerprint density at radius 2 is 1.59 bits per heavy atom. The molecule has 3 rings (SSSR count). The van der Waals surface area contributed by atoms with Crippen molar-refractivity contribution in [1.29, 1.82) is 0 Å². The monoisotopic (exact) mass is 366 g/mol. The molecule has 27 heavy (non-hydrogen) atoms. The van der Waals surface area contributed by atoms with Gasteiger partial charge in [0.25, 0.3) is 0 Å². The van der Waals surface area contributed by atoms with Gasteiger partial charge in [-0.1, -0.05) is 35.5 Å². The highest BCUT2D eigenvalue weighted by Crippen LogP contribution is 2.25. The second-order valence-electron chi connectivity index (χ2n) is 6.86. The van der Waals surface area contributed by atoms with Gasteiger partial charge < -0.3 is 10.1 Å². The van der Waals surface area contributed by atoms with Crippen molar-refractivity contribution in [2.24, 2.45) is 5.16 Å². The first-order valence-corrected chi connectivity index (χ1v) is 9.16. The number of rotatable bonds is 5. The van der Waals surface area contributed by atoms with E-state index in [0.717, 1.165) is 43.1 Å². The second kappa shape index (κ2) is 8.79. The summed E-state index contributed by atoms with van der Waals surface area (Å²) >= 11 is 0. The number of oxime groups is 1. The van der Waals surface area contributed by atoms with Crippen LogP contribution in [0, 0.1) is 0 Å². The lowest BCUT2D eigenvalue weighted by atomic mass is 10.1. The Bertz CT molecular complexity index is 782. The van der Waals surface area contributed by atoms with Gasteiger partial charge in [0, 0.05) is 56.6 Å². The van der Waals surface area contributed by atoms with Crippen LogP contribution in [0.25, 0.3) is 0 Å². The summed E-state index contributed by atoms with van der Waals surface area (Å²) in [5.74, 6) is -0.0533. The Morgan fingerprint density at radius 3 is 2.15 bits per heavy atom. The molecule has 142 valence electrons. The van der Waals surface area contributed by atoms with Gasteiger partial charge in [0.05, 0.1) is 0 Å². The summed E-state index contributed by atoms with van der Waals surface area (Å²) in [5, 5.41) is 13.0. The van der Waals surface area contributed by atoms with Gasteiger partial charge in [-0.2, -0.15) is 0 Å². The molecule has 0 bridgehead atoms. The third-order valence-corrected chi connectivity index (χ3v) is 4.88. The number of likely N-dealkylation sites (N-methyl/N-ethyl adjacent to an activating group) is 1. The highest BCUT2D eigenvalue weighted by Gasteiger charge is 2.18. The first kappa shape index (κ1) is 19.1. The van der Waals surface area contributed by atoms with Gasteiger partial charge in [0.2, 0.25) is 5.91 Å². The predicted molar refractivity (Wildman–Crippen MR) is 108 cm³/mol. The van der Waals surface area contributed by atoms with Gasteiger partial charge >= 0.3 is 0 Å². The van der Waals surface area contributed by atoms with E-state index in [1.54, 1.807) is 11.8 Å². The molecule has 1 aliphatic heterocycles. The highest BCUT2D eigenvalue weighted by atomic mass is 16.4. The first-order valence-electron chi connectivity index (χ1n) is 9.16. The summed E-state index contributed by atoms with van der Waals surface area (Å²) in [6.45, 7) is 6.11. The van der Waals surface area contributed by atoms with E-state index in [4.69, 9.17) is 0 Å². The number of amides is 1. The standard InChI is InChI=1S/C21H26N4O2/c1-17(26)25(19-6-4-3-5-7-19)20-10-8-18(9-11-20)21(22-27)16-24-14-12-23(2)13-15-24/h3-11,27H,12-16H2,1-2H3/b22-21+. The molecule has 0 unspecified atom stereocenters. The molecule has 1 saturated heterocycles. The van der Waals surface area contributed by atoms with Crippen LogP contribution in [-0.4, -0.2) is 66.4 Å². The summed E-state index contributed by atoms with van der Waals surface area (Å²) in [4.78, 5) is 18.4. The normalized spacial score (nSPS) is 16.3. The number of anilines is 2. The minimum absolute atomic E-state index is 0.0533. The zero-order valence-corrected chi connectivity index (χ0v) is 15.9. The number of hydrogen-bond acceptors (Lipinski definition) is 5. The lowest BCUT2D eigenvalue weighted by Gasteiger charge is -2.32. The van der Waals surface area contributed by atoms with Gasteiger partial charge in [-0.25, -0.2) is 0 Å². The van der Waals surface area contributed by atoms with Crippen LogP contribution in [0.4, 0.5) is 11.4 Å². The molecular weight excluding hydrogens is 340 g/mol.